The molecule has 5 N–H and O–H groups in total. The first kappa shape index (κ1) is 86.7. The Morgan fingerprint density at radius 2 is 0.932 bits per heavy atom. The monoisotopic (exact) mass is 1630 g/mol. The van der Waals surface area contributed by atoms with Crippen molar-refractivity contribution in [2.75, 3.05) is 138 Å². The Kier molecular flexibility index (Phi) is 31.6. The summed E-state index contributed by atoms with van der Waals surface area (Å²) in [5.74, 6) is -0.101. The zero-order valence-electron chi connectivity index (χ0n) is 69.3. The Labute approximate surface area is 690 Å². The van der Waals surface area contributed by atoms with Crippen LogP contribution in [-0.2, 0) is 48.1 Å². The molecule has 0 unspecified atom stereocenters. The van der Waals surface area contributed by atoms with Crippen LogP contribution in [-0.4, -0.2) is 268 Å². The highest BCUT2D eigenvalue weighted by Gasteiger charge is 2.37. The number of aromatic amines is 3. The highest BCUT2D eigenvalue weighted by atomic mass is 35.5. The molecule has 6 fully saturated rings. The first-order valence-electron chi connectivity index (χ1n) is 42.6. The van der Waals surface area contributed by atoms with E-state index in [0.717, 1.165) is 170 Å². The fourth-order valence-corrected chi connectivity index (χ4v) is 17.7. The molecule has 4 aromatic carbocycles. The quantitative estimate of drug-likeness (QED) is 0.0202. The maximum atomic E-state index is 14.3. The Hall–Kier alpha value is -9.61. The number of amides is 6. The van der Waals surface area contributed by atoms with Gasteiger partial charge in [-0.05, 0) is 200 Å². The van der Waals surface area contributed by atoms with Gasteiger partial charge in [0.2, 0.25) is 11.8 Å². The normalized spacial score (nSPS) is 17.9. The van der Waals surface area contributed by atoms with Crippen molar-refractivity contribution in [3.63, 3.8) is 0 Å². The summed E-state index contributed by atoms with van der Waals surface area (Å²) < 4.78 is 21.2. The van der Waals surface area contributed by atoms with Crippen LogP contribution >= 0.6 is 11.6 Å². The van der Waals surface area contributed by atoms with Gasteiger partial charge in [-0.25, -0.2) is 19.2 Å². The van der Waals surface area contributed by atoms with E-state index in [9.17, 15) is 38.4 Å². The number of piperazine rings is 2. The summed E-state index contributed by atoms with van der Waals surface area (Å²) in [6.45, 7) is 21.1. The standard InChI is InChI=1S/C44H60N8O6.C36H46N8O3.C8H15ClO3/c1-4-5-6-9-24-57-44(56)58-30-52-39-11-8-7-10-34(39)28-37(41(52)53)33-12-18-51(19-13-33)43(55)46-38(27-32-25-31(2)40-35(26-32)29-45-47-40)42(54)50-22-20-49(21-23-50)36-14-16-48(3)17-15-36;1-24-19-25(20-28-23-37-40-33(24)28)21-32(35(46)43-17-15-42(16-18-43)29-9-11-41(2)12-10-29)39-36(47)44-13-7-26(8-14-44)30-22-27-5-3-4-6-31(27)38-34(30)45;1-2-3-4-5-6-11-8(10)12-7-9/h7-8,10-11,25-26,28-29,33,36,38H,4-6,9,12-24,27,30H2,1-3H3,(H,45,47)(H,46,55);3-6,19-20,22-23,26,29,32H,7-18,21H2,1-2H3,(H,37,40)(H,38,45)(H,39,47);2-7H2,1H3/t38-;32-;/m11./s1. The van der Waals surface area contributed by atoms with E-state index in [1.54, 1.807) is 22.2 Å². The fraction of sp³-hybridized carbons (Fsp3) is 0.568. The van der Waals surface area contributed by atoms with Crippen molar-refractivity contribution in [3.8, 4) is 0 Å². The lowest BCUT2D eigenvalue weighted by molar-refractivity contribution is -0.136. The van der Waals surface area contributed by atoms with E-state index >= 15 is 0 Å². The first-order chi connectivity index (χ1) is 56.8. The molecule has 0 saturated carbocycles. The van der Waals surface area contributed by atoms with Crippen LogP contribution in [0, 0.1) is 13.8 Å². The molecular formula is C88H121ClN16O12. The lowest BCUT2D eigenvalue weighted by Gasteiger charge is -2.43. The molecule has 2 atom stereocenters. The lowest BCUT2D eigenvalue weighted by Crippen LogP contribution is -2.59. The number of hydrogen-bond donors (Lipinski definition) is 5. The fourth-order valence-electron chi connectivity index (χ4n) is 17.6. The van der Waals surface area contributed by atoms with Crippen LogP contribution in [0.25, 0.3) is 43.6 Å². The summed E-state index contributed by atoms with van der Waals surface area (Å²) >= 11 is 5.14. The summed E-state index contributed by atoms with van der Waals surface area (Å²) in [6, 6.07) is 26.6. The van der Waals surface area contributed by atoms with Crippen molar-refractivity contribution in [2.45, 2.75) is 186 Å². The molecule has 10 heterocycles. The molecule has 14 rings (SSSR count). The smallest absolute Gasteiger partial charge is 0.434 e. The summed E-state index contributed by atoms with van der Waals surface area (Å²) in [5.41, 5.74) is 8.64. The number of nitrogens with one attached hydrogen (secondary N) is 5. The summed E-state index contributed by atoms with van der Waals surface area (Å²) in [4.78, 5) is 126. The minimum absolute atomic E-state index is 0.0242. The summed E-state index contributed by atoms with van der Waals surface area (Å²) in [5, 5.41) is 24.6. The topological polar surface area (TPSA) is 302 Å². The number of hydrogen-bond acceptors (Lipinski definition) is 18. The molecule has 6 saturated heterocycles. The molecule has 4 aromatic heterocycles. The van der Waals surface area contributed by atoms with Crippen molar-refractivity contribution in [2.24, 2.45) is 0 Å². The van der Waals surface area contributed by atoms with Crippen LogP contribution in [0.2, 0.25) is 0 Å². The number of alkyl halides is 1. The predicted molar refractivity (Wildman–Crippen MR) is 455 cm³/mol. The average molecular weight is 1630 g/mol. The van der Waals surface area contributed by atoms with E-state index in [-0.39, 0.29) is 66.2 Å². The number of pyridine rings is 2. The van der Waals surface area contributed by atoms with Crippen molar-refractivity contribution >= 4 is 91.4 Å². The predicted octanol–water partition coefficient (Wildman–Crippen LogP) is 12.0. The Bertz CT molecular complexity index is 4730. The van der Waals surface area contributed by atoms with Crippen molar-refractivity contribution in [1.82, 2.24) is 79.8 Å². The van der Waals surface area contributed by atoms with E-state index in [1.165, 1.54) is 30.3 Å². The van der Waals surface area contributed by atoms with Gasteiger partial charge in [0.15, 0.2) is 12.8 Å². The number of carbonyl (C=O) groups is 6. The van der Waals surface area contributed by atoms with E-state index in [2.05, 4.69) is 111 Å². The van der Waals surface area contributed by atoms with Crippen molar-refractivity contribution < 1.29 is 47.7 Å². The second-order valence-electron chi connectivity index (χ2n) is 32.6. The number of H-pyrrole nitrogens is 3. The molecule has 0 radical (unpaired) electrons. The molecular weight excluding hydrogens is 1510 g/mol. The minimum atomic E-state index is -0.791. The third-order valence-electron chi connectivity index (χ3n) is 24.5. The van der Waals surface area contributed by atoms with E-state index in [4.69, 9.17) is 21.1 Å². The van der Waals surface area contributed by atoms with Gasteiger partial charge < -0.3 is 64.0 Å². The number of rotatable bonds is 25. The number of unbranched alkanes of at least 4 members (excludes halogenated alkanes) is 6. The number of carbonyl (C=O) groups excluding carboxylic acids is 6. The van der Waals surface area contributed by atoms with Crippen LogP contribution in [0.4, 0.5) is 19.2 Å². The van der Waals surface area contributed by atoms with Crippen LogP contribution in [0.3, 0.4) is 0 Å². The van der Waals surface area contributed by atoms with E-state index in [1.807, 2.05) is 90.4 Å². The maximum Gasteiger partial charge on any atom is 0.510 e. The zero-order chi connectivity index (χ0) is 82.3. The SMILES string of the molecule is CCCCCCOC(=O)OCCl.CCCCCCOC(=O)OCn1c(=O)c(C2CCN(C(=O)N[C@H](Cc3cc(C)c4[nH]ncc4c3)C(=O)N3CCN(C4CCN(C)CC4)CC3)CC2)cc2ccccc21.Cc1cc(C[C@@H](NC(=O)N2CCC(c3cc4ccccc4[nH]c3=O)CC2)C(=O)N2CCN(C3CCN(C)CC3)CC2)cc2cn[nH]c12. The Morgan fingerprint density at radius 1 is 0.487 bits per heavy atom. The highest BCUT2D eigenvalue weighted by Crippen LogP contribution is 2.32. The number of para-hydroxylation sites is 2. The molecule has 6 aliphatic heterocycles. The Morgan fingerprint density at radius 3 is 1.41 bits per heavy atom. The molecule has 6 amide bonds. The molecule has 632 valence electrons. The van der Waals surface area contributed by atoms with Gasteiger partial charge in [-0.2, -0.15) is 10.2 Å². The van der Waals surface area contributed by atoms with E-state index in [0.29, 0.717) is 121 Å². The molecule has 28 nitrogen and oxygen atoms in total. The molecule has 8 aromatic rings. The van der Waals surface area contributed by atoms with Crippen molar-refractivity contribution in [1.29, 1.82) is 0 Å². The number of nitrogens with zero attached hydrogens (tertiary/aromatic N) is 11. The number of benzene rings is 4. The zero-order valence-corrected chi connectivity index (χ0v) is 70.0. The first-order valence-corrected chi connectivity index (χ1v) is 43.1. The molecule has 117 heavy (non-hydrogen) atoms. The number of piperidine rings is 4. The summed E-state index contributed by atoms with van der Waals surface area (Å²) in [6.07, 6.45) is 18.3. The number of aryl methyl sites for hydroxylation is 2. The number of likely N-dealkylation sites (tertiary alicyclic amines) is 4. The second-order valence-corrected chi connectivity index (χ2v) is 32.8. The number of aromatic nitrogens is 6. The van der Waals surface area contributed by atoms with Gasteiger partial charge in [-0.15, -0.1) is 0 Å². The molecule has 0 spiro atoms. The summed E-state index contributed by atoms with van der Waals surface area (Å²) in [7, 11) is 4.36. The number of ether oxygens (including phenoxy) is 4. The number of fused-ring (bicyclic) bond motifs is 4. The van der Waals surface area contributed by atoms with Gasteiger partial charge in [-0.1, -0.05) is 113 Å². The Balaban J connectivity index is 0.000000192. The number of urea groups is 2. The maximum absolute atomic E-state index is 14.3. The average Bonchev–Trinajstić information content (AvgIpc) is 1.28. The van der Waals surface area contributed by atoms with Gasteiger partial charge in [0.05, 0.1) is 42.2 Å². The van der Waals surface area contributed by atoms with Gasteiger partial charge in [0.1, 0.15) is 12.1 Å². The third kappa shape index (κ3) is 23.4. The number of halogens is 1. The molecule has 0 aliphatic carbocycles. The van der Waals surface area contributed by atoms with Crippen LogP contribution in [0.5, 0.6) is 0 Å². The third-order valence-corrected chi connectivity index (χ3v) is 24.6. The van der Waals surface area contributed by atoms with E-state index < -0.39 is 24.4 Å². The van der Waals surface area contributed by atoms with Crippen LogP contribution in [0.15, 0.2) is 107 Å². The highest BCUT2D eigenvalue weighted by molar-refractivity contribution is 6.17. The van der Waals surface area contributed by atoms with Gasteiger partial charge in [0.25, 0.3) is 11.1 Å². The minimum Gasteiger partial charge on any atom is -0.434 e. The van der Waals surface area contributed by atoms with Crippen molar-refractivity contribution in [3.05, 3.63) is 151 Å². The molecule has 6 aliphatic rings. The largest absolute Gasteiger partial charge is 0.510 e. The van der Waals surface area contributed by atoms with Gasteiger partial charge in [-0.3, -0.25) is 43.7 Å². The van der Waals surface area contributed by atoms with Gasteiger partial charge in [0, 0.05) is 131 Å². The van der Waals surface area contributed by atoms with Gasteiger partial charge >= 0.3 is 24.4 Å². The van der Waals surface area contributed by atoms with Crippen LogP contribution < -0.4 is 21.8 Å². The molecule has 29 heteroatoms. The van der Waals surface area contributed by atoms with Crippen LogP contribution in [0.1, 0.15) is 162 Å². The molecule has 0 bridgehead atoms. The lowest BCUT2D eigenvalue weighted by atomic mass is 9.89. The second kappa shape index (κ2) is 42.7.